The van der Waals surface area contributed by atoms with Crippen LogP contribution in [0.4, 0.5) is 4.39 Å². The van der Waals surface area contributed by atoms with Gasteiger partial charge in [-0.1, -0.05) is 5.21 Å². The van der Waals surface area contributed by atoms with E-state index in [9.17, 15) is 14.0 Å². The molecule has 0 spiro atoms. The van der Waals surface area contributed by atoms with E-state index in [0.29, 0.717) is 5.56 Å². The zero-order valence-corrected chi connectivity index (χ0v) is 14.2. The molecule has 1 saturated heterocycles. The van der Waals surface area contributed by atoms with E-state index in [1.165, 1.54) is 24.3 Å². The standard InChI is InChI=1S/C17H21FN6O2/c18-13-3-1-12(2-4-13)16(25)20-9-10-21-17(26)15-11-24(23-22-15)14-5-7-19-8-6-14/h1-4,11,14,19H,5-10H2,(H,20,25)(H,21,26). The lowest BCUT2D eigenvalue weighted by Crippen LogP contribution is -2.34. The third-order valence-electron chi connectivity index (χ3n) is 4.23. The summed E-state index contributed by atoms with van der Waals surface area (Å²) in [6.45, 7) is 2.37. The molecule has 1 aliphatic heterocycles. The SMILES string of the molecule is O=C(NCCNC(=O)c1cn(C2CCNCC2)nn1)c1ccc(F)cc1. The van der Waals surface area contributed by atoms with Gasteiger partial charge in [-0.2, -0.15) is 0 Å². The van der Waals surface area contributed by atoms with E-state index in [1.54, 1.807) is 10.9 Å². The van der Waals surface area contributed by atoms with Crippen LogP contribution in [0.25, 0.3) is 0 Å². The van der Waals surface area contributed by atoms with Crippen LogP contribution in [0.5, 0.6) is 0 Å². The van der Waals surface area contributed by atoms with Gasteiger partial charge in [0, 0.05) is 18.7 Å². The topological polar surface area (TPSA) is 101 Å². The quantitative estimate of drug-likeness (QED) is 0.652. The van der Waals surface area contributed by atoms with Crippen LogP contribution < -0.4 is 16.0 Å². The molecule has 3 rings (SSSR count). The van der Waals surface area contributed by atoms with Crippen molar-refractivity contribution in [2.45, 2.75) is 18.9 Å². The van der Waals surface area contributed by atoms with Crippen molar-refractivity contribution in [2.75, 3.05) is 26.2 Å². The molecule has 8 nitrogen and oxygen atoms in total. The molecule has 0 aliphatic carbocycles. The molecule has 9 heteroatoms. The predicted octanol–water partition coefficient (Wildman–Crippen LogP) is 0.501. The first-order valence-corrected chi connectivity index (χ1v) is 8.58. The van der Waals surface area contributed by atoms with E-state index in [2.05, 4.69) is 26.3 Å². The first kappa shape index (κ1) is 18.0. The third kappa shape index (κ3) is 4.63. The van der Waals surface area contributed by atoms with Gasteiger partial charge in [0.05, 0.1) is 12.2 Å². The molecule has 1 aliphatic rings. The maximum absolute atomic E-state index is 12.8. The number of amides is 2. The molecule has 2 aromatic rings. The number of piperidine rings is 1. The second kappa shape index (κ2) is 8.52. The summed E-state index contributed by atoms with van der Waals surface area (Å²) in [5.41, 5.74) is 0.621. The summed E-state index contributed by atoms with van der Waals surface area (Å²) >= 11 is 0. The molecule has 138 valence electrons. The Kier molecular flexibility index (Phi) is 5.90. The lowest BCUT2D eigenvalue weighted by Gasteiger charge is -2.22. The summed E-state index contributed by atoms with van der Waals surface area (Å²) in [4.78, 5) is 24.0. The van der Waals surface area contributed by atoms with Crippen molar-refractivity contribution in [3.8, 4) is 0 Å². The van der Waals surface area contributed by atoms with Gasteiger partial charge in [0.1, 0.15) is 5.82 Å². The van der Waals surface area contributed by atoms with Crippen LogP contribution in [0.1, 0.15) is 39.7 Å². The highest BCUT2D eigenvalue weighted by Gasteiger charge is 2.18. The number of carbonyl (C=O) groups is 2. The minimum Gasteiger partial charge on any atom is -0.350 e. The van der Waals surface area contributed by atoms with Gasteiger partial charge in [0.2, 0.25) is 0 Å². The highest BCUT2D eigenvalue weighted by molar-refractivity contribution is 5.94. The Labute approximate surface area is 150 Å². The average molecular weight is 360 g/mol. The van der Waals surface area contributed by atoms with Crippen LogP contribution in [-0.4, -0.2) is 53.0 Å². The van der Waals surface area contributed by atoms with E-state index in [1.807, 2.05) is 0 Å². The monoisotopic (exact) mass is 360 g/mol. The highest BCUT2D eigenvalue weighted by atomic mass is 19.1. The third-order valence-corrected chi connectivity index (χ3v) is 4.23. The largest absolute Gasteiger partial charge is 0.350 e. The minimum atomic E-state index is -0.397. The number of hydrogen-bond acceptors (Lipinski definition) is 5. The summed E-state index contributed by atoms with van der Waals surface area (Å²) in [5, 5.41) is 16.6. The Morgan fingerprint density at radius 2 is 1.77 bits per heavy atom. The fourth-order valence-electron chi connectivity index (χ4n) is 2.78. The van der Waals surface area contributed by atoms with Crippen LogP contribution in [-0.2, 0) is 0 Å². The second-order valence-electron chi connectivity index (χ2n) is 6.08. The number of nitrogens with one attached hydrogen (secondary N) is 3. The summed E-state index contributed by atoms with van der Waals surface area (Å²) in [6.07, 6.45) is 3.57. The number of hydrogen-bond donors (Lipinski definition) is 3. The van der Waals surface area contributed by atoms with Crippen molar-refractivity contribution in [1.29, 1.82) is 0 Å². The normalized spacial score (nSPS) is 14.8. The number of halogens is 1. The van der Waals surface area contributed by atoms with E-state index < -0.39 is 5.82 Å². The fourth-order valence-corrected chi connectivity index (χ4v) is 2.78. The Bertz CT molecular complexity index is 755. The van der Waals surface area contributed by atoms with Crippen molar-refractivity contribution in [2.24, 2.45) is 0 Å². The molecular weight excluding hydrogens is 339 g/mol. The Balaban J connectivity index is 1.42. The molecule has 26 heavy (non-hydrogen) atoms. The number of aromatic nitrogens is 3. The molecule has 2 heterocycles. The number of nitrogens with zero attached hydrogens (tertiary/aromatic N) is 3. The van der Waals surface area contributed by atoms with Crippen LogP contribution >= 0.6 is 0 Å². The average Bonchev–Trinajstić information content (AvgIpc) is 3.16. The van der Waals surface area contributed by atoms with Gasteiger partial charge in [-0.15, -0.1) is 5.10 Å². The van der Waals surface area contributed by atoms with Gasteiger partial charge in [-0.05, 0) is 50.2 Å². The van der Waals surface area contributed by atoms with Crippen molar-refractivity contribution in [3.63, 3.8) is 0 Å². The summed E-state index contributed by atoms with van der Waals surface area (Å²) < 4.78 is 14.6. The Hall–Kier alpha value is -2.81. The van der Waals surface area contributed by atoms with E-state index in [-0.39, 0.29) is 36.6 Å². The van der Waals surface area contributed by atoms with Gasteiger partial charge in [0.15, 0.2) is 5.69 Å². The van der Waals surface area contributed by atoms with Crippen molar-refractivity contribution in [1.82, 2.24) is 30.9 Å². The summed E-state index contributed by atoms with van der Waals surface area (Å²) in [5.74, 6) is -1.05. The molecule has 0 unspecified atom stereocenters. The van der Waals surface area contributed by atoms with E-state index >= 15 is 0 Å². The number of carbonyl (C=O) groups excluding carboxylic acids is 2. The molecule has 0 radical (unpaired) electrons. The molecule has 0 bridgehead atoms. The molecule has 2 amide bonds. The van der Waals surface area contributed by atoms with Gasteiger partial charge in [-0.25, -0.2) is 9.07 Å². The predicted molar refractivity (Wildman–Crippen MR) is 92.2 cm³/mol. The van der Waals surface area contributed by atoms with Crippen LogP contribution in [0.15, 0.2) is 30.5 Å². The van der Waals surface area contributed by atoms with Gasteiger partial charge >= 0.3 is 0 Å². The molecular formula is C17H21FN6O2. The smallest absolute Gasteiger partial charge is 0.273 e. The summed E-state index contributed by atoms with van der Waals surface area (Å²) in [7, 11) is 0. The van der Waals surface area contributed by atoms with Crippen molar-refractivity contribution < 1.29 is 14.0 Å². The molecule has 1 aromatic heterocycles. The van der Waals surface area contributed by atoms with E-state index in [4.69, 9.17) is 0 Å². The first-order valence-electron chi connectivity index (χ1n) is 8.58. The lowest BCUT2D eigenvalue weighted by molar-refractivity contribution is 0.0925. The van der Waals surface area contributed by atoms with Gasteiger partial charge < -0.3 is 16.0 Å². The fraction of sp³-hybridized carbons (Fsp3) is 0.412. The molecule has 0 atom stereocenters. The lowest BCUT2D eigenvalue weighted by atomic mass is 10.1. The zero-order valence-electron chi connectivity index (χ0n) is 14.2. The molecule has 1 fully saturated rings. The number of benzene rings is 1. The Morgan fingerprint density at radius 1 is 1.12 bits per heavy atom. The van der Waals surface area contributed by atoms with Crippen LogP contribution in [0, 0.1) is 5.82 Å². The first-order chi connectivity index (χ1) is 12.6. The number of rotatable bonds is 6. The maximum atomic E-state index is 12.8. The highest BCUT2D eigenvalue weighted by Crippen LogP contribution is 2.16. The second-order valence-corrected chi connectivity index (χ2v) is 6.08. The van der Waals surface area contributed by atoms with Crippen LogP contribution in [0.2, 0.25) is 0 Å². The minimum absolute atomic E-state index is 0.254. The molecule has 0 saturated carbocycles. The molecule has 1 aromatic carbocycles. The molecule has 3 N–H and O–H groups in total. The Morgan fingerprint density at radius 3 is 2.46 bits per heavy atom. The van der Waals surface area contributed by atoms with Crippen molar-refractivity contribution in [3.05, 3.63) is 47.5 Å². The van der Waals surface area contributed by atoms with E-state index in [0.717, 1.165) is 25.9 Å². The van der Waals surface area contributed by atoms with Crippen molar-refractivity contribution >= 4 is 11.8 Å². The summed E-state index contributed by atoms with van der Waals surface area (Å²) in [6, 6.07) is 5.52. The van der Waals surface area contributed by atoms with Gasteiger partial charge in [0.25, 0.3) is 11.8 Å². The zero-order chi connectivity index (χ0) is 18.4. The van der Waals surface area contributed by atoms with Gasteiger partial charge in [-0.3, -0.25) is 9.59 Å². The maximum Gasteiger partial charge on any atom is 0.273 e. The van der Waals surface area contributed by atoms with Crippen LogP contribution in [0.3, 0.4) is 0 Å².